The van der Waals surface area contributed by atoms with Crippen molar-refractivity contribution < 1.29 is 26.4 Å². The summed E-state index contributed by atoms with van der Waals surface area (Å²) in [6.45, 7) is 1.06. The van der Waals surface area contributed by atoms with Crippen LogP contribution in [0.2, 0.25) is 5.02 Å². The molecule has 8 nitrogen and oxygen atoms in total. The fourth-order valence-corrected chi connectivity index (χ4v) is 3.94. The van der Waals surface area contributed by atoms with Crippen molar-refractivity contribution in [1.82, 2.24) is 9.88 Å². The minimum atomic E-state index is -3.99. The van der Waals surface area contributed by atoms with Gasteiger partial charge in [0.2, 0.25) is 10.0 Å². The highest BCUT2D eigenvalue weighted by molar-refractivity contribution is 7.89. The number of amides is 2. The van der Waals surface area contributed by atoms with Crippen LogP contribution in [0.5, 0.6) is 0 Å². The minimum Gasteiger partial charge on any atom is -0.328 e. The Labute approximate surface area is 191 Å². The van der Waals surface area contributed by atoms with Crippen molar-refractivity contribution in [2.24, 2.45) is 5.14 Å². The molecule has 0 radical (unpaired) electrons. The minimum absolute atomic E-state index is 0.0954. The number of anilines is 1. The number of carbonyl (C=O) groups is 1. The molecular formula is C20H18ClF3N4O4S. The molecule has 3 aromatic rings. The Balaban J connectivity index is 2.05. The molecular weight excluding hydrogens is 485 g/mol. The van der Waals surface area contributed by atoms with E-state index in [1.807, 2.05) is 0 Å². The zero-order valence-corrected chi connectivity index (χ0v) is 18.6. The third-order valence-electron chi connectivity index (χ3n) is 4.92. The molecule has 0 aliphatic heterocycles. The highest BCUT2D eigenvalue weighted by Gasteiger charge is 2.26. The van der Waals surface area contributed by atoms with Crippen molar-refractivity contribution in [3.05, 3.63) is 74.9 Å². The fourth-order valence-electron chi connectivity index (χ4n) is 3.30. The number of carbonyl (C=O) groups excluding carboxylic acids is 1. The van der Waals surface area contributed by atoms with Crippen LogP contribution in [0.25, 0.3) is 10.8 Å². The highest BCUT2D eigenvalue weighted by Crippen LogP contribution is 2.29. The summed E-state index contributed by atoms with van der Waals surface area (Å²) in [5, 5.41) is 6.76. The van der Waals surface area contributed by atoms with Gasteiger partial charge in [0.05, 0.1) is 22.2 Å². The second kappa shape index (κ2) is 9.41. The number of sulfonamides is 1. The quantitative estimate of drug-likeness (QED) is 0.477. The molecule has 0 aliphatic rings. The highest BCUT2D eigenvalue weighted by atomic mass is 35.5. The lowest BCUT2D eigenvalue weighted by atomic mass is 10.0. The maximum absolute atomic E-state index is 14.3. The fraction of sp³-hybridized carbons (Fsp3) is 0.200. The summed E-state index contributed by atoms with van der Waals surface area (Å²) in [4.78, 5) is 28.5. The van der Waals surface area contributed by atoms with Gasteiger partial charge in [-0.15, -0.1) is 0 Å². The Hall–Kier alpha value is -3.09. The van der Waals surface area contributed by atoms with Crippen LogP contribution in [0.15, 0.2) is 41.3 Å². The van der Waals surface area contributed by atoms with E-state index in [0.717, 1.165) is 23.1 Å². The van der Waals surface area contributed by atoms with Gasteiger partial charge in [-0.1, -0.05) is 11.6 Å². The topological polar surface area (TPSA) is 125 Å². The molecule has 1 unspecified atom stereocenters. The Morgan fingerprint density at radius 3 is 2.55 bits per heavy atom. The maximum atomic E-state index is 14.3. The Morgan fingerprint density at radius 2 is 1.91 bits per heavy atom. The molecule has 33 heavy (non-hydrogen) atoms. The number of aromatic nitrogens is 1. The van der Waals surface area contributed by atoms with E-state index in [1.54, 1.807) is 0 Å². The molecule has 13 heteroatoms. The molecule has 2 aromatic carbocycles. The molecule has 3 rings (SSSR count). The van der Waals surface area contributed by atoms with E-state index in [9.17, 15) is 31.2 Å². The smallest absolute Gasteiger partial charge is 0.322 e. The van der Waals surface area contributed by atoms with Gasteiger partial charge in [0.1, 0.15) is 17.5 Å². The number of nitrogens with one attached hydrogen (secondary N) is 2. The molecule has 1 aromatic heterocycles. The first-order valence-corrected chi connectivity index (χ1v) is 11.5. The van der Waals surface area contributed by atoms with Gasteiger partial charge in [0.25, 0.3) is 5.56 Å². The molecule has 176 valence electrons. The Kier molecular flexibility index (Phi) is 7.00. The molecule has 0 saturated heterocycles. The summed E-state index contributed by atoms with van der Waals surface area (Å²) < 4.78 is 64.6. The maximum Gasteiger partial charge on any atom is 0.322 e. The Morgan fingerprint density at radius 1 is 1.21 bits per heavy atom. The van der Waals surface area contributed by atoms with Gasteiger partial charge in [0.15, 0.2) is 0 Å². The summed E-state index contributed by atoms with van der Waals surface area (Å²) in [5.41, 5.74) is -0.549. The number of halogens is 4. The first-order valence-electron chi connectivity index (χ1n) is 9.41. The number of hydrogen-bond donors (Lipinski definition) is 3. The molecule has 1 heterocycles. The van der Waals surface area contributed by atoms with E-state index in [-0.39, 0.29) is 21.7 Å². The van der Waals surface area contributed by atoms with Crippen LogP contribution in [0.3, 0.4) is 0 Å². The van der Waals surface area contributed by atoms with Crippen molar-refractivity contribution in [3.8, 4) is 0 Å². The van der Waals surface area contributed by atoms with E-state index in [0.29, 0.717) is 6.07 Å². The molecule has 0 spiro atoms. The molecule has 2 amide bonds. The van der Waals surface area contributed by atoms with E-state index in [1.165, 1.54) is 19.2 Å². The summed E-state index contributed by atoms with van der Waals surface area (Å²) >= 11 is 5.73. The van der Waals surface area contributed by atoms with Gasteiger partial charge in [-0.05, 0) is 42.1 Å². The van der Waals surface area contributed by atoms with Gasteiger partial charge in [-0.3, -0.25) is 4.79 Å². The number of aromatic amines is 1. The van der Waals surface area contributed by atoms with Crippen molar-refractivity contribution in [3.63, 3.8) is 0 Å². The number of benzene rings is 2. The molecule has 0 aliphatic carbocycles. The SMILES string of the molecule is CC(c1c[nH]c(=O)c2c(F)cc(F)cc12)N(CCS(N)(=O)=O)C(=O)Nc1ccc(F)c(Cl)c1. The summed E-state index contributed by atoms with van der Waals surface area (Å²) in [6.07, 6.45) is 1.18. The summed E-state index contributed by atoms with van der Waals surface area (Å²) in [7, 11) is -3.99. The van der Waals surface area contributed by atoms with Crippen molar-refractivity contribution in [2.75, 3.05) is 17.6 Å². The van der Waals surface area contributed by atoms with Crippen molar-refractivity contribution in [2.45, 2.75) is 13.0 Å². The van der Waals surface area contributed by atoms with Gasteiger partial charge in [0, 0.05) is 24.5 Å². The second-order valence-corrected chi connectivity index (χ2v) is 9.32. The van der Waals surface area contributed by atoms with Gasteiger partial charge < -0.3 is 15.2 Å². The number of urea groups is 1. The average Bonchev–Trinajstić information content (AvgIpc) is 2.69. The molecule has 0 saturated carbocycles. The zero-order chi connectivity index (χ0) is 24.5. The molecule has 0 fully saturated rings. The van der Waals surface area contributed by atoms with Crippen LogP contribution in [-0.4, -0.2) is 36.6 Å². The normalized spacial score (nSPS) is 12.5. The van der Waals surface area contributed by atoms with Crippen molar-refractivity contribution >= 4 is 44.1 Å². The number of hydrogen-bond acceptors (Lipinski definition) is 4. The Bertz CT molecular complexity index is 1400. The van der Waals surface area contributed by atoms with Crippen LogP contribution in [0, 0.1) is 17.5 Å². The van der Waals surface area contributed by atoms with Crippen LogP contribution in [0.4, 0.5) is 23.7 Å². The molecule has 4 N–H and O–H groups in total. The largest absolute Gasteiger partial charge is 0.328 e. The third kappa shape index (κ3) is 5.64. The van der Waals surface area contributed by atoms with Crippen LogP contribution < -0.4 is 16.0 Å². The molecule has 1 atom stereocenters. The summed E-state index contributed by atoms with van der Waals surface area (Å²) in [6, 6.07) is 3.09. The zero-order valence-electron chi connectivity index (χ0n) is 17.0. The van der Waals surface area contributed by atoms with E-state index >= 15 is 0 Å². The van der Waals surface area contributed by atoms with Crippen LogP contribution in [0.1, 0.15) is 18.5 Å². The lowest BCUT2D eigenvalue weighted by molar-refractivity contribution is 0.197. The monoisotopic (exact) mass is 502 g/mol. The predicted molar refractivity (Wildman–Crippen MR) is 118 cm³/mol. The predicted octanol–water partition coefficient (Wildman–Crippen LogP) is 3.48. The summed E-state index contributed by atoms with van der Waals surface area (Å²) in [5.74, 6) is -3.38. The van der Waals surface area contributed by atoms with Gasteiger partial charge in [-0.2, -0.15) is 0 Å². The first-order chi connectivity index (χ1) is 15.4. The number of nitrogens with zero attached hydrogens (tertiary/aromatic N) is 1. The number of fused-ring (bicyclic) bond motifs is 1. The second-order valence-electron chi connectivity index (χ2n) is 7.18. The number of pyridine rings is 1. The van der Waals surface area contributed by atoms with E-state index < -0.39 is 62.8 Å². The first kappa shape index (κ1) is 24.6. The number of rotatable bonds is 6. The van der Waals surface area contributed by atoms with Gasteiger partial charge in [-0.25, -0.2) is 31.5 Å². The number of H-pyrrole nitrogens is 1. The van der Waals surface area contributed by atoms with Crippen LogP contribution >= 0.6 is 11.6 Å². The third-order valence-corrected chi connectivity index (χ3v) is 5.96. The molecule has 0 bridgehead atoms. The lowest BCUT2D eigenvalue weighted by Crippen LogP contribution is -2.41. The van der Waals surface area contributed by atoms with E-state index in [4.69, 9.17) is 16.7 Å². The average molecular weight is 503 g/mol. The lowest BCUT2D eigenvalue weighted by Gasteiger charge is -2.30. The standard InChI is InChI=1S/C20H18ClF3N4O4S/c1-10(14-9-26-19(29)18-13(14)6-11(22)7-17(18)24)28(4-5-33(25,31)32)20(30)27-12-2-3-16(23)15(21)8-12/h2-3,6-10H,4-5H2,1H3,(H,26,29)(H,27,30)(H2,25,31,32). The van der Waals surface area contributed by atoms with Gasteiger partial charge >= 0.3 is 6.03 Å². The van der Waals surface area contributed by atoms with Crippen molar-refractivity contribution in [1.29, 1.82) is 0 Å². The van der Waals surface area contributed by atoms with Crippen LogP contribution in [-0.2, 0) is 10.0 Å². The van der Waals surface area contributed by atoms with E-state index in [2.05, 4.69) is 10.3 Å². The number of primary sulfonamides is 1. The number of nitrogens with two attached hydrogens (primary N) is 1.